The van der Waals surface area contributed by atoms with E-state index in [1.807, 2.05) is 13.8 Å². The van der Waals surface area contributed by atoms with E-state index < -0.39 is 5.60 Å². The standard InChI is InChI=1S/C23H33NO/c1-14-16-10-12-23(5,13-11-17(14)20(16)22(3,4)25)24-21-18-8-6-7-9-19(21)15(18)2/h6-21,24-25H,1-5H3/b12-10-,13-11-. The van der Waals surface area contributed by atoms with Gasteiger partial charge < -0.3 is 10.4 Å². The highest BCUT2D eigenvalue weighted by molar-refractivity contribution is 5.30. The molecule has 0 saturated heterocycles. The van der Waals surface area contributed by atoms with E-state index >= 15 is 0 Å². The summed E-state index contributed by atoms with van der Waals surface area (Å²) < 4.78 is 0. The fourth-order valence-electron chi connectivity index (χ4n) is 5.88. The average molecular weight is 340 g/mol. The molecule has 2 N–H and O–H groups in total. The minimum absolute atomic E-state index is 0.103. The van der Waals surface area contributed by atoms with Gasteiger partial charge in [0.1, 0.15) is 0 Å². The number of hydrogen-bond donors (Lipinski definition) is 2. The summed E-state index contributed by atoms with van der Waals surface area (Å²) in [5.74, 6) is 3.87. The Morgan fingerprint density at radius 2 is 1.32 bits per heavy atom. The van der Waals surface area contributed by atoms with Crippen molar-refractivity contribution >= 4 is 0 Å². The number of allylic oxidation sites excluding steroid dienone is 4. The highest BCUT2D eigenvalue weighted by Gasteiger charge is 2.53. The molecule has 2 heteroatoms. The minimum atomic E-state index is -0.619. The number of nitrogens with one attached hydrogen (secondary N) is 1. The van der Waals surface area contributed by atoms with Gasteiger partial charge in [-0.2, -0.15) is 0 Å². The van der Waals surface area contributed by atoms with Gasteiger partial charge in [-0.3, -0.25) is 0 Å². The molecular formula is C23H33NO. The van der Waals surface area contributed by atoms with Gasteiger partial charge in [0.2, 0.25) is 0 Å². The summed E-state index contributed by atoms with van der Waals surface area (Å²) in [7, 11) is 0. The maximum Gasteiger partial charge on any atom is 0.0631 e. The van der Waals surface area contributed by atoms with Gasteiger partial charge in [-0.15, -0.1) is 0 Å². The molecule has 2 saturated carbocycles. The second-order valence-electron chi connectivity index (χ2n) is 9.65. The van der Waals surface area contributed by atoms with Crippen molar-refractivity contribution in [1.82, 2.24) is 5.32 Å². The average Bonchev–Trinajstić information content (AvgIpc) is 2.83. The van der Waals surface area contributed by atoms with Crippen LogP contribution in [0.1, 0.15) is 34.6 Å². The van der Waals surface area contributed by atoms with Crippen LogP contribution in [0.3, 0.4) is 0 Å². The Morgan fingerprint density at radius 1 is 0.840 bits per heavy atom. The molecule has 0 aromatic carbocycles. The molecule has 5 aliphatic carbocycles. The molecule has 0 aliphatic heterocycles. The Balaban J connectivity index is 1.54. The molecule has 0 aromatic heterocycles. The normalized spacial score (nSPS) is 53.0. The summed E-state index contributed by atoms with van der Waals surface area (Å²) >= 11 is 0. The van der Waals surface area contributed by atoms with Crippen LogP contribution < -0.4 is 5.32 Å². The van der Waals surface area contributed by atoms with Crippen molar-refractivity contribution in [3.63, 3.8) is 0 Å². The SMILES string of the molecule is CC1C2C=CC=CC1C2NC1(C)/C=C\C2C(C)C(/C=C\1)C2C(C)(C)O. The van der Waals surface area contributed by atoms with E-state index in [0.29, 0.717) is 41.5 Å². The third-order valence-electron chi connectivity index (χ3n) is 7.49. The minimum Gasteiger partial charge on any atom is -0.390 e. The Bertz CT molecular complexity index is 607. The quantitative estimate of drug-likeness (QED) is 0.759. The van der Waals surface area contributed by atoms with Crippen LogP contribution >= 0.6 is 0 Å². The molecule has 2 fully saturated rings. The second kappa shape index (κ2) is 5.69. The first-order valence-corrected chi connectivity index (χ1v) is 9.95. The smallest absolute Gasteiger partial charge is 0.0631 e. The lowest BCUT2D eigenvalue weighted by Crippen LogP contribution is -2.62. The van der Waals surface area contributed by atoms with E-state index in [4.69, 9.17) is 0 Å². The van der Waals surface area contributed by atoms with E-state index in [-0.39, 0.29) is 5.54 Å². The van der Waals surface area contributed by atoms with Crippen molar-refractivity contribution in [3.8, 4) is 0 Å². The summed E-state index contributed by atoms with van der Waals surface area (Å²) in [5.41, 5.74) is -0.722. The van der Waals surface area contributed by atoms with Gasteiger partial charge >= 0.3 is 0 Å². The van der Waals surface area contributed by atoms with Crippen LogP contribution in [0.2, 0.25) is 0 Å². The van der Waals surface area contributed by atoms with Gasteiger partial charge in [0.25, 0.3) is 0 Å². The van der Waals surface area contributed by atoms with Gasteiger partial charge in [0.05, 0.1) is 11.1 Å². The van der Waals surface area contributed by atoms with Crippen LogP contribution in [0, 0.1) is 41.4 Å². The molecule has 5 aliphatic rings. The maximum absolute atomic E-state index is 10.6. The molecule has 25 heavy (non-hydrogen) atoms. The molecule has 4 atom stereocenters. The monoisotopic (exact) mass is 339 g/mol. The Hall–Kier alpha value is -1.12. The van der Waals surface area contributed by atoms with Gasteiger partial charge in [0.15, 0.2) is 0 Å². The second-order valence-corrected chi connectivity index (χ2v) is 9.65. The highest BCUT2D eigenvalue weighted by atomic mass is 16.3. The molecule has 5 rings (SSSR count). The summed E-state index contributed by atoms with van der Waals surface area (Å²) in [6.07, 6.45) is 18.6. The van der Waals surface area contributed by atoms with E-state index in [1.165, 1.54) is 0 Å². The molecule has 0 amide bonds. The lowest BCUT2D eigenvalue weighted by molar-refractivity contribution is -0.101. The van der Waals surface area contributed by atoms with Gasteiger partial charge in [0, 0.05) is 12.0 Å². The topological polar surface area (TPSA) is 32.3 Å². The van der Waals surface area contributed by atoms with Crippen LogP contribution in [0.4, 0.5) is 0 Å². The molecule has 0 spiro atoms. The van der Waals surface area contributed by atoms with E-state index in [9.17, 15) is 5.11 Å². The molecule has 4 bridgehead atoms. The number of hydrogen-bond acceptors (Lipinski definition) is 2. The van der Waals surface area contributed by atoms with Gasteiger partial charge in [-0.05, 0) is 56.3 Å². The molecule has 0 aromatic rings. The van der Waals surface area contributed by atoms with Crippen LogP contribution in [0.25, 0.3) is 0 Å². The predicted molar refractivity (Wildman–Crippen MR) is 104 cm³/mol. The lowest BCUT2D eigenvalue weighted by atomic mass is 9.51. The summed E-state index contributed by atoms with van der Waals surface area (Å²) in [6, 6.07) is 0.516. The summed E-state index contributed by atoms with van der Waals surface area (Å²) in [6.45, 7) is 10.9. The number of aliphatic hydroxyl groups is 1. The molecular weight excluding hydrogens is 306 g/mol. The molecule has 136 valence electrons. The van der Waals surface area contributed by atoms with Crippen LogP contribution in [-0.4, -0.2) is 22.3 Å². The van der Waals surface area contributed by atoms with E-state index in [2.05, 4.69) is 74.7 Å². The molecule has 0 radical (unpaired) electrons. The van der Waals surface area contributed by atoms with Crippen molar-refractivity contribution in [2.75, 3.05) is 0 Å². The zero-order valence-electron chi connectivity index (χ0n) is 16.2. The fraction of sp³-hybridized carbons (Fsp3) is 0.652. The number of rotatable bonds is 3. The van der Waals surface area contributed by atoms with Crippen LogP contribution in [0.15, 0.2) is 48.6 Å². The third-order valence-corrected chi connectivity index (χ3v) is 7.49. The van der Waals surface area contributed by atoms with Gasteiger partial charge in [-0.25, -0.2) is 0 Å². The maximum atomic E-state index is 10.6. The van der Waals surface area contributed by atoms with Crippen molar-refractivity contribution < 1.29 is 5.11 Å². The summed E-state index contributed by atoms with van der Waals surface area (Å²) in [4.78, 5) is 0. The predicted octanol–water partition coefficient (Wildman–Crippen LogP) is 4.11. The Kier molecular flexibility index (Phi) is 3.94. The van der Waals surface area contributed by atoms with Crippen LogP contribution in [0.5, 0.6) is 0 Å². The lowest BCUT2D eigenvalue weighted by Gasteiger charge is -2.56. The molecule has 0 heterocycles. The largest absolute Gasteiger partial charge is 0.390 e. The Labute approximate surface area is 152 Å². The number of fused-ring (bicyclic) bond motifs is 4. The van der Waals surface area contributed by atoms with Crippen molar-refractivity contribution in [3.05, 3.63) is 48.6 Å². The van der Waals surface area contributed by atoms with Crippen molar-refractivity contribution in [1.29, 1.82) is 0 Å². The zero-order chi connectivity index (χ0) is 18.0. The van der Waals surface area contributed by atoms with E-state index in [1.54, 1.807) is 0 Å². The fourth-order valence-corrected chi connectivity index (χ4v) is 5.88. The zero-order valence-corrected chi connectivity index (χ0v) is 16.2. The van der Waals surface area contributed by atoms with E-state index in [0.717, 1.165) is 5.92 Å². The summed E-state index contributed by atoms with van der Waals surface area (Å²) in [5, 5.41) is 14.5. The first-order chi connectivity index (χ1) is 11.7. The first kappa shape index (κ1) is 17.3. The van der Waals surface area contributed by atoms with Crippen LogP contribution in [-0.2, 0) is 0 Å². The third kappa shape index (κ3) is 2.69. The van der Waals surface area contributed by atoms with Crippen molar-refractivity contribution in [2.45, 2.75) is 51.8 Å². The molecule has 4 unspecified atom stereocenters. The molecule has 2 nitrogen and oxygen atoms in total. The Morgan fingerprint density at radius 3 is 1.80 bits per heavy atom. The van der Waals surface area contributed by atoms with Crippen molar-refractivity contribution in [2.24, 2.45) is 41.4 Å². The van der Waals surface area contributed by atoms with Gasteiger partial charge in [-0.1, -0.05) is 62.5 Å². The first-order valence-electron chi connectivity index (χ1n) is 9.95. The highest BCUT2D eigenvalue weighted by Crippen LogP contribution is 2.54.